The summed E-state index contributed by atoms with van der Waals surface area (Å²) in [5.41, 5.74) is 0.492. The quantitative estimate of drug-likeness (QED) is 0.859. The highest BCUT2D eigenvalue weighted by Crippen LogP contribution is 2.59. The van der Waals surface area contributed by atoms with Crippen LogP contribution in [0.3, 0.4) is 0 Å². The number of hydrogen-bond acceptors (Lipinski definition) is 5. The molecule has 2 aliphatic heterocycles. The van der Waals surface area contributed by atoms with E-state index in [1.165, 1.54) is 0 Å². The number of hydrogen-bond donors (Lipinski definition) is 1. The third-order valence-electron chi connectivity index (χ3n) is 5.35. The van der Waals surface area contributed by atoms with Gasteiger partial charge in [0, 0.05) is 30.8 Å². The minimum absolute atomic E-state index is 0.0476. The molecule has 2 heterocycles. The van der Waals surface area contributed by atoms with Crippen LogP contribution in [0.15, 0.2) is 18.2 Å². The van der Waals surface area contributed by atoms with Crippen LogP contribution in [0.2, 0.25) is 0 Å². The van der Waals surface area contributed by atoms with Crippen LogP contribution in [0.5, 0.6) is 11.5 Å². The zero-order valence-corrected chi connectivity index (χ0v) is 15.0. The molecule has 3 aliphatic rings. The molecule has 1 aromatic rings. The van der Waals surface area contributed by atoms with Crippen LogP contribution in [0.1, 0.15) is 26.2 Å². The number of fused-ring (bicyclic) bond motifs is 1. The Morgan fingerprint density at radius 1 is 1.36 bits per heavy atom. The summed E-state index contributed by atoms with van der Waals surface area (Å²) in [6.07, 6.45) is 2.12. The molecule has 0 bridgehead atoms. The molecule has 1 spiro atoms. The van der Waals surface area contributed by atoms with Crippen molar-refractivity contribution < 1.29 is 22.7 Å². The number of sulfonamides is 1. The number of amides is 1. The molecule has 2 fully saturated rings. The van der Waals surface area contributed by atoms with Crippen LogP contribution >= 0.6 is 0 Å². The standard InChI is InChI=1S/C17H22N2O5S/c1-2-7-25(21,22)19-6-5-17(10-19)9-13(17)16(20)18-12-3-4-14-15(8-12)24-11-23-14/h3-4,8,13H,2,5-7,9-11H2,1H3,(H,18,20)/t13-,17+/m1/s1. The van der Waals surface area contributed by atoms with Gasteiger partial charge < -0.3 is 14.8 Å². The van der Waals surface area contributed by atoms with E-state index in [0.717, 1.165) is 12.8 Å². The summed E-state index contributed by atoms with van der Waals surface area (Å²) < 4.78 is 36.6. The first kappa shape index (κ1) is 16.7. The fraction of sp³-hybridized carbons (Fsp3) is 0.588. The lowest BCUT2D eigenvalue weighted by Crippen LogP contribution is -2.31. The van der Waals surface area contributed by atoms with Gasteiger partial charge in [-0.25, -0.2) is 12.7 Å². The number of carbonyl (C=O) groups is 1. The Hall–Kier alpha value is -1.80. The number of benzene rings is 1. The Kier molecular flexibility index (Phi) is 3.92. The maximum atomic E-state index is 12.6. The molecular weight excluding hydrogens is 344 g/mol. The van der Waals surface area contributed by atoms with Crippen LogP contribution in [-0.2, 0) is 14.8 Å². The van der Waals surface area contributed by atoms with Crippen molar-refractivity contribution in [1.29, 1.82) is 0 Å². The Bertz CT molecular complexity index is 809. The molecular formula is C17H22N2O5S. The summed E-state index contributed by atoms with van der Waals surface area (Å²) in [5, 5.41) is 2.92. The van der Waals surface area contributed by atoms with Crippen molar-refractivity contribution in [2.24, 2.45) is 11.3 Å². The first-order valence-corrected chi connectivity index (χ1v) is 10.2. The van der Waals surface area contributed by atoms with Crippen molar-refractivity contribution in [3.63, 3.8) is 0 Å². The third-order valence-corrected chi connectivity index (χ3v) is 7.37. The predicted octanol–water partition coefficient (Wildman–Crippen LogP) is 1.81. The van der Waals surface area contributed by atoms with E-state index >= 15 is 0 Å². The van der Waals surface area contributed by atoms with Crippen molar-refractivity contribution in [3.8, 4) is 11.5 Å². The Morgan fingerprint density at radius 3 is 2.96 bits per heavy atom. The van der Waals surface area contributed by atoms with Crippen LogP contribution in [0.25, 0.3) is 0 Å². The van der Waals surface area contributed by atoms with Gasteiger partial charge in [0.25, 0.3) is 0 Å². The van der Waals surface area contributed by atoms with Gasteiger partial charge in [-0.05, 0) is 36.8 Å². The van der Waals surface area contributed by atoms with E-state index in [0.29, 0.717) is 36.7 Å². The van der Waals surface area contributed by atoms with Gasteiger partial charge in [-0.3, -0.25) is 4.79 Å². The van der Waals surface area contributed by atoms with Crippen molar-refractivity contribution in [1.82, 2.24) is 4.31 Å². The molecule has 136 valence electrons. The molecule has 0 unspecified atom stereocenters. The van der Waals surface area contributed by atoms with Gasteiger partial charge >= 0.3 is 0 Å². The molecule has 0 radical (unpaired) electrons. The highest BCUT2D eigenvalue weighted by atomic mass is 32.2. The maximum Gasteiger partial charge on any atom is 0.231 e. The Balaban J connectivity index is 1.39. The fourth-order valence-corrected chi connectivity index (χ4v) is 5.45. The average Bonchev–Trinajstić information content (AvgIpc) is 2.90. The Morgan fingerprint density at radius 2 is 2.16 bits per heavy atom. The lowest BCUT2D eigenvalue weighted by atomic mass is 10.0. The molecule has 0 aromatic heterocycles. The molecule has 8 heteroatoms. The zero-order chi connectivity index (χ0) is 17.7. The highest BCUT2D eigenvalue weighted by Gasteiger charge is 2.62. The highest BCUT2D eigenvalue weighted by molar-refractivity contribution is 7.89. The number of anilines is 1. The largest absolute Gasteiger partial charge is 0.454 e. The van der Waals surface area contributed by atoms with Crippen molar-refractivity contribution in [3.05, 3.63) is 18.2 Å². The topological polar surface area (TPSA) is 84.9 Å². The van der Waals surface area contributed by atoms with Gasteiger partial charge in [-0.1, -0.05) is 6.92 Å². The van der Waals surface area contributed by atoms with Gasteiger partial charge in [-0.2, -0.15) is 0 Å². The van der Waals surface area contributed by atoms with Gasteiger partial charge in [0.2, 0.25) is 22.7 Å². The van der Waals surface area contributed by atoms with Crippen molar-refractivity contribution in [2.45, 2.75) is 26.2 Å². The van der Waals surface area contributed by atoms with Crippen LogP contribution in [0.4, 0.5) is 5.69 Å². The molecule has 4 rings (SSSR count). The molecule has 7 nitrogen and oxygen atoms in total. The van der Waals surface area contributed by atoms with Crippen molar-refractivity contribution in [2.75, 3.05) is 31.0 Å². The van der Waals surface area contributed by atoms with Crippen LogP contribution in [0, 0.1) is 11.3 Å². The van der Waals surface area contributed by atoms with Gasteiger partial charge in [-0.15, -0.1) is 0 Å². The lowest BCUT2D eigenvalue weighted by Gasteiger charge is -2.16. The number of carbonyl (C=O) groups excluding carboxylic acids is 1. The van der Waals surface area contributed by atoms with Crippen molar-refractivity contribution >= 4 is 21.6 Å². The number of ether oxygens (including phenoxy) is 2. The summed E-state index contributed by atoms with van der Waals surface area (Å²) in [4.78, 5) is 12.6. The van der Waals surface area contributed by atoms with E-state index in [1.807, 2.05) is 6.92 Å². The monoisotopic (exact) mass is 366 g/mol. The summed E-state index contributed by atoms with van der Waals surface area (Å²) in [6, 6.07) is 5.31. The predicted molar refractivity (Wildman–Crippen MR) is 92.0 cm³/mol. The summed E-state index contributed by atoms with van der Waals surface area (Å²) >= 11 is 0. The minimum atomic E-state index is -3.18. The second kappa shape index (κ2) is 5.88. The molecule has 1 aromatic carbocycles. The average molecular weight is 366 g/mol. The molecule has 1 saturated heterocycles. The molecule has 1 aliphatic carbocycles. The smallest absolute Gasteiger partial charge is 0.231 e. The summed E-state index contributed by atoms with van der Waals surface area (Å²) in [7, 11) is -3.18. The van der Waals surface area contributed by atoms with Crippen LogP contribution < -0.4 is 14.8 Å². The fourth-order valence-electron chi connectivity index (χ4n) is 3.85. The van der Waals surface area contributed by atoms with E-state index in [2.05, 4.69) is 5.32 Å². The number of rotatable bonds is 5. The number of nitrogens with zero attached hydrogens (tertiary/aromatic N) is 1. The SMILES string of the molecule is CCCS(=O)(=O)N1CC[C@]2(C[C@@H]2C(=O)Nc2ccc3c(c2)OCO3)C1. The van der Waals surface area contributed by atoms with Gasteiger partial charge in [0.05, 0.1) is 5.75 Å². The second-order valence-electron chi connectivity index (χ2n) is 7.08. The third kappa shape index (κ3) is 2.97. The summed E-state index contributed by atoms with van der Waals surface area (Å²) in [6.45, 7) is 3.05. The minimum Gasteiger partial charge on any atom is -0.454 e. The second-order valence-corrected chi connectivity index (χ2v) is 9.16. The summed E-state index contributed by atoms with van der Waals surface area (Å²) in [5.74, 6) is 1.31. The van der Waals surface area contributed by atoms with Crippen LogP contribution in [-0.4, -0.2) is 44.3 Å². The van der Waals surface area contributed by atoms with Gasteiger partial charge in [0.1, 0.15) is 0 Å². The zero-order valence-electron chi connectivity index (χ0n) is 14.2. The first-order valence-electron chi connectivity index (χ1n) is 8.62. The van der Waals surface area contributed by atoms with E-state index in [-0.39, 0.29) is 29.8 Å². The van der Waals surface area contributed by atoms with E-state index in [1.54, 1.807) is 22.5 Å². The number of nitrogens with one attached hydrogen (secondary N) is 1. The molecule has 1 saturated carbocycles. The van der Waals surface area contributed by atoms with E-state index in [9.17, 15) is 13.2 Å². The molecule has 2 atom stereocenters. The van der Waals surface area contributed by atoms with Gasteiger partial charge in [0.15, 0.2) is 11.5 Å². The van der Waals surface area contributed by atoms with E-state index < -0.39 is 10.0 Å². The normalized spacial score (nSPS) is 27.6. The first-order chi connectivity index (χ1) is 11.9. The Labute approximate surface area is 147 Å². The molecule has 1 N–H and O–H groups in total. The molecule has 25 heavy (non-hydrogen) atoms. The van der Waals surface area contributed by atoms with E-state index in [4.69, 9.17) is 9.47 Å². The maximum absolute atomic E-state index is 12.6. The molecule has 1 amide bonds. The lowest BCUT2D eigenvalue weighted by molar-refractivity contribution is -0.118.